The van der Waals surface area contributed by atoms with Gasteiger partial charge < -0.3 is 15.2 Å². The summed E-state index contributed by atoms with van der Waals surface area (Å²) in [6, 6.07) is 6.71. The Morgan fingerprint density at radius 3 is 2.63 bits per heavy atom. The monoisotopic (exact) mass is 265 g/mol. The lowest BCUT2D eigenvalue weighted by Gasteiger charge is -2.26. The highest BCUT2D eigenvalue weighted by atomic mass is 16.5. The topological polar surface area (TPSA) is 41.5 Å². The molecule has 0 saturated carbocycles. The number of hydrogen-bond donors (Lipinski definition) is 2. The smallest absolute Gasteiger partial charge is 0.0765 e. The van der Waals surface area contributed by atoms with E-state index in [9.17, 15) is 5.11 Å². The summed E-state index contributed by atoms with van der Waals surface area (Å²) in [6.07, 6.45) is 0.635. The van der Waals surface area contributed by atoms with Crippen molar-refractivity contribution >= 4 is 0 Å². The molecule has 3 heteroatoms. The van der Waals surface area contributed by atoms with E-state index >= 15 is 0 Å². The molecule has 0 aromatic heterocycles. The maximum Gasteiger partial charge on any atom is 0.0765 e. The van der Waals surface area contributed by atoms with Crippen molar-refractivity contribution in [3.63, 3.8) is 0 Å². The van der Waals surface area contributed by atoms with Crippen molar-refractivity contribution in [1.29, 1.82) is 0 Å². The molecule has 108 valence electrons. The second-order valence-corrected chi connectivity index (χ2v) is 5.70. The summed E-state index contributed by atoms with van der Waals surface area (Å²) in [4.78, 5) is 0. The predicted molar refractivity (Wildman–Crippen MR) is 79.5 cm³/mol. The molecule has 2 N–H and O–H groups in total. The van der Waals surface area contributed by atoms with Crippen LogP contribution < -0.4 is 5.32 Å². The standard InChI is InChI=1S/C16H27NO2/c1-12-6-7-15(13(2)10-12)14(3)17-11-16(4,18)8-9-19-5/h6-7,10,14,17-18H,8-9,11H2,1-5H3. The van der Waals surface area contributed by atoms with Crippen molar-refractivity contribution in [2.24, 2.45) is 0 Å². The number of hydrogen-bond acceptors (Lipinski definition) is 3. The first-order valence-electron chi connectivity index (χ1n) is 6.87. The summed E-state index contributed by atoms with van der Waals surface area (Å²) >= 11 is 0. The largest absolute Gasteiger partial charge is 0.389 e. The van der Waals surface area contributed by atoms with E-state index in [2.05, 4.69) is 44.3 Å². The molecule has 1 aromatic rings. The van der Waals surface area contributed by atoms with E-state index in [-0.39, 0.29) is 6.04 Å². The van der Waals surface area contributed by atoms with Crippen LogP contribution in [0.5, 0.6) is 0 Å². The van der Waals surface area contributed by atoms with Gasteiger partial charge in [0.05, 0.1) is 5.60 Å². The molecule has 0 spiro atoms. The number of aliphatic hydroxyl groups is 1. The van der Waals surface area contributed by atoms with E-state index in [1.165, 1.54) is 16.7 Å². The van der Waals surface area contributed by atoms with Crippen LogP contribution in [0.25, 0.3) is 0 Å². The van der Waals surface area contributed by atoms with Crippen molar-refractivity contribution in [3.8, 4) is 0 Å². The lowest BCUT2D eigenvalue weighted by Crippen LogP contribution is -2.39. The van der Waals surface area contributed by atoms with Gasteiger partial charge in [-0.1, -0.05) is 23.8 Å². The quantitative estimate of drug-likeness (QED) is 0.796. The van der Waals surface area contributed by atoms with Gasteiger partial charge in [0.2, 0.25) is 0 Å². The third-order valence-corrected chi connectivity index (χ3v) is 3.53. The number of aryl methyl sites for hydroxylation is 2. The summed E-state index contributed by atoms with van der Waals surface area (Å²) < 4.78 is 5.01. The molecule has 2 unspecified atom stereocenters. The van der Waals surface area contributed by atoms with Crippen LogP contribution in [0, 0.1) is 13.8 Å². The fourth-order valence-electron chi connectivity index (χ4n) is 2.20. The zero-order chi connectivity index (χ0) is 14.5. The molecule has 0 aliphatic carbocycles. The molecule has 0 heterocycles. The van der Waals surface area contributed by atoms with Gasteiger partial charge in [-0.25, -0.2) is 0 Å². The summed E-state index contributed by atoms with van der Waals surface area (Å²) in [5, 5.41) is 13.6. The zero-order valence-corrected chi connectivity index (χ0v) is 12.8. The van der Waals surface area contributed by atoms with E-state index in [0.29, 0.717) is 19.6 Å². The van der Waals surface area contributed by atoms with Crippen LogP contribution in [0.2, 0.25) is 0 Å². The van der Waals surface area contributed by atoms with Gasteiger partial charge in [-0.15, -0.1) is 0 Å². The van der Waals surface area contributed by atoms with E-state index in [1.54, 1.807) is 7.11 Å². The van der Waals surface area contributed by atoms with Gasteiger partial charge in [-0.3, -0.25) is 0 Å². The molecule has 19 heavy (non-hydrogen) atoms. The number of nitrogens with one attached hydrogen (secondary N) is 1. The molecule has 1 aromatic carbocycles. The molecule has 0 bridgehead atoms. The summed E-state index contributed by atoms with van der Waals surface area (Å²) in [6.45, 7) is 9.34. The Kier molecular flexibility index (Phi) is 5.98. The first-order chi connectivity index (χ1) is 8.85. The van der Waals surface area contributed by atoms with Crippen LogP contribution in [0.1, 0.15) is 43.0 Å². The van der Waals surface area contributed by atoms with E-state index in [0.717, 1.165) is 0 Å². The Morgan fingerprint density at radius 2 is 2.05 bits per heavy atom. The second-order valence-electron chi connectivity index (χ2n) is 5.70. The van der Waals surface area contributed by atoms with E-state index in [4.69, 9.17) is 4.74 Å². The SMILES string of the molecule is COCCC(C)(O)CNC(C)c1ccc(C)cc1C. The van der Waals surface area contributed by atoms with Gasteiger partial charge >= 0.3 is 0 Å². The highest BCUT2D eigenvalue weighted by Crippen LogP contribution is 2.19. The van der Waals surface area contributed by atoms with E-state index in [1.807, 2.05) is 6.92 Å². The third-order valence-electron chi connectivity index (χ3n) is 3.53. The average molecular weight is 265 g/mol. The molecule has 2 atom stereocenters. The van der Waals surface area contributed by atoms with Crippen LogP contribution in [-0.4, -0.2) is 31.0 Å². The van der Waals surface area contributed by atoms with Crippen molar-refractivity contribution < 1.29 is 9.84 Å². The Hall–Kier alpha value is -0.900. The van der Waals surface area contributed by atoms with Crippen molar-refractivity contribution in [1.82, 2.24) is 5.32 Å². The zero-order valence-electron chi connectivity index (χ0n) is 12.8. The summed E-state index contributed by atoms with van der Waals surface area (Å²) in [5.74, 6) is 0. The number of methoxy groups -OCH3 is 1. The molecular weight excluding hydrogens is 238 g/mol. The average Bonchev–Trinajstić information content (AvgIpc) is 2.34. The van der Waals surface area contributed by atoms with Gasteiger partial charge in [-0.2, -0.15) is 0 Å². The van der Waals surface area contributed by atoms with Crippen LogP contribution in [0.3, 0.4) is 0 Å². The minimum absolute atomic E-state index is 0.231. The maximum absolute atomic E-state index is 10.2. The van der Waals surface area contributed by atoms with Gasteiger partial charge in [0.1, 0.15) is 0 Å². The van der Waals surface area contributed by atoms with Gasteiger partial charge in [0.25, 0.3) is 0 Å². The van der Waals surface area contributed by atoms with Gasteiger partial charge in [0.15, 0.2) is 0 Å². The second kappa shape index (κ2) is 7.04. The van der Waals surface area contributed by atoms with Crippen molar-refractivity contribution in [2.45, 2.75) is 45.8 Å². The number of benzene rings is 1. The first-order valence-corrected chi connectivity index (χ1v) is 6.87. The van der Waals surface area contributed by atoms with Crippen LogP contribution in [0.4, 0.5) is 0 Å². The molecule has 0 aliphatic heterocycles. The lowest BCUT2D eigenvalue weighted by atomic mass is 9.98. The maximum atomic E-state index is 10.2. The first kappa shape index (κ1) is 16.2. The van der Waals surface area contributed by atoms with Crippen LogP contribution in [-0.2, 0) is 4.74 Å². The molecule has 0 fully saturated rings. The van der Waals surface area contributed by atoms with Gasteiger partial charge in [0, 0.05) is 32.7 Å². The minimum atomic E-state index is -0.733. The molecule has 0 aliphatic rings. The molecule has 0 amide bonds. The fourth-order valence-corrected chi connectivity index (χ4v) is 2.20. The molecule has 1 rings (SSSR count). The molecular formula is C16H27NO2. The lowest BCUT2D eigenvalue weighted by molar-refractivity contribution is 0.0231. The van der Waals surface area contributed by atoms with Gasteiger partial charge in [-0.05, 0) is 38.8 Å². The van der Waals surface area contributed by atoms with E-state index < -0.39 is 5.60 Å². The third kappa shape index (κ3) is 5.31. The summed E-state index contributed by atoms with van der Waals surface area (Å²) in [7, 11) is 1.65. The Balaban J connectivity index is 2.57. The molecule has 0 saturated heterocycles. The van der Waals surface area contributed by atoms with Crippen LogP contribution >= 0.6 is 0 Å². The number of rotatable bonds is 7. The Labute approximate surface area is 117 Å². The highest BCUT2D eigenvalue weighted by molar-refractivity contribution is 5.32. The van der Waals surface area contributed by atoms with Crippen molar-refractivity contribution in [3.05, 3.63) is 34.9 Å². The Bertz CT molecular complexity index is 402. The predicted octanol–water partition coefficient (Wildman–Crippen LogP) is 2.74. The van der Waals surface area contributed by atoms with Crippen LogP contribution in [0.15, 0.2) is 18.2 Å². The highest BCUT2D eigenvalue weighted by Gasteiger charge is 2.21. The van der Waals surface area contributed by atoms with Crippen molar-refractivity contribution in [2.75, 3.05) is 20.3 Å². The Morgan fingerprint density at radius 1 is 1.37 bits per heavy atom. The molecule has 0 radical (unpaired) electrons. The minimum Gasteiger partial charge on any atom is -0.389 e. The fraction of sp³-hybridized carbons (Fsp3) is 0.625. The molecule has 3 nitrogen and oxygen atoms in total. The normalized spacial score (nSPS) is 16.1. The number of ether oxygens (including phenoxy) is 1. The summed E-state index contributed by atoms with van der Waals surface area (Å²) in [5.41, 5.74) is 3.12.